The number of amides is 1. The summed E-state index contributed by atoms with van der Waals surface area (Å²) in [7, 11) is 0. The first-order chi connectivity index (χ1) is 12.9. The van der Waals surface area contributed by atoms with Gasteiger partial charge in [0, 0.05) is 10.9 Å². The van der Waals surface area contributed by atoms with E-state index in [0.29, 0.717) is 5.56 Å². The van der Waals surface area contributed by atoms with Gasteiger partial charge in [-0.25, -0.2) is 4.79 Å². The summed E-state index contributed by atoms with van der Waals surface area (Å²) in [5.41, 5.74) is 3.12. The second kappa shape index (κ2) is 7.62. The van der Waals surface area contributed by atoms with Crippen LogP contribution in [0.5, 0.6) is 0 Å². The number of benzene rings is 3. The molecule has 1 amide bonds. The fraction of sp³-hybridized carbons (Fsp3) is 0.217. The van der Waals surface area contributed by atoms with Crippen LogP contribution in [0.4, 0.5) is 10.5 Å². The molecule has 0 aromatic heterocycles. The number of carbonyl (C=O) groups excluding carboxylic acids is 2. The Bertz CT molecular complexity index is 969. The minimum absolute atomic E-state index is 0.468. The third-order valence-electron chi connectivity index (χ3n) is 4.16. The molecule has 3 aromatic rings. The van der Waals surface area contributed by atoms with Crippen molar-refractivity contribution in [1.29, 1.82) is 0 Å². The summed E-state index contributed by atoms with van der Waals surface area (Å²) in [6, 6.07) is 19.5. The Hall–Kier alpha value is -3.14. The molecule has 1 N–H and O–H groups in total. The minimum Gasteiger partial charge on any atom is -0.444 e. The third-order valence-corrected chi connectivity index (χ3v) is 4.16. The fourth-order valence-electron chi connectivity index (χ4n) is 2.99. The van der Waals surface area contributed by atoms with E-state index in [0.717, 1.165) is 40.3 Å². The van der Waals surface area contributed by atoms with E-state index in [9.17, 15) is 9.59 Å². The first-order valence-electron chi connectivity index (χ1n) is 8.90. The van der Waals surface area contributed by atoms with Crippen LogP contribution < -0.4 is 5.32 Å². The molecule has 0 bridgehead atoms. The Labute approximate surface area is 159 Å². The minimum atomic E-state index is -0.548. The van der Waals surface area contributed by atoms with Crippen molar-refractivity contribution in [2.45, 2.75) is 32.8 Å². The van der Waals surface area contributed by atoms with Crippen molar-refractivity contribution >= 4 is 28.8 Å². The zero-order valence-electron chi connectivity index (χ0n) is 15.8. The average molecular weight is 361 g/mol. The Morgan fingerprint density at radius 3 is 2.30 bits per heavy atom. The molecule has 0 aliphatic carbocycles. The maximum Gasteiger partial charge on any atom is 0.412 e. The molecule has 0 aliphatic rings. The zero-order chi connectivity index (χ0) is 19.4. The Morgan fingerprint density at radius 1 is 0.963 bits per heavy atom. The second-order valence-corrected chi connectivity index (χ2v) is 7.48. The highest BCUT2D eigenvalue weighted by Gasteiger charge is 2.17. The van der Waals surface area contributed by atoms with Gasteiger partial charge in [0.1, 0.15) is 11.9 Å². The maximum absolute atomic E-state index is 12.1. The van der Waals surface area contributed by atoms with Crippen molar-refractivity contribution in [1.82, 2.24) is 0 Å². The first kappa shape index (κ1) is 18.6. The molecule has 0 unspecified atom stereocenters. The summed E-state index contributed by atoms with van der Waals surface area (Å²) >= 11 is 0. The Balaban J connectivity index is 1.90. The van der Waals surface area contributed by atoms with Crippen LogP contribution in [0.1, 0.15) is 42.3 Å². The average Bonchev–Trinajstić information content (AvgIpc) is 2.61. The first-order valence-corrected chi connectivity index (χ1v) is 8.90. The van der Waals surface area contributed by atoms with Gasteiger partial charge in [-0.3, -0.25) is 10.1 Å². The van der Waals surface area contributed by atoms with Crippen LogP contribution in [0.15, 0.2) is 60.7 Å². The number of hydrogen-bond acceptors (Lipinski definition) is 3. The molecular weight excluding hydrogens is 338 g/mol. The number of anilines is 1. The van der Waals surface area contributed by atoms with Gasteiger partial charge in [-0.1, -0.05) is 54.6 Å². The standard InChI is InChI=1S/C23H23NO3/c1-23(2,3)27-22(26)24-21-9-5-7-19-18(6-4-8-20(19)21)14-16-10-12-17(15-25)13-11-16/h4-13,15H,14H2,1-3H3,(H,24,26). The van der Waals surface area contributed by atoms with E-state index in [4.69, 9.17) is 4.74 Å². The number of rotatable bonds is 4. The summed E-state index contributed by atoms with van der Waals surface area (Å²) in [4.78, 5) is 23.0. The van der Waals surface area contributed by atoms with Crippen molar-refractivity contribution in [3.05, 3.63) is 77.4 Å². The molecule has 3 rings (SSSR count). The molecule has 27 heavy (non-hydrogen) atoms. The van der Waals surface area contributed by atoms with Crippen LogP contribution >= 0.6 is 0 Å². The maximum atomic E-state index is 12.1. The summed E-state index contributed by atoms with van der Waals surface area (Å²) in [5.74, 6) is 0. The van der Waals surface area contributed by atoms with Crippen molar-refractivity contribution in [3.8, 4) is 0 Å². The highest BCUT2D eigenvalue weighted by atomic mass is 16.6. The third kappa shape index (κ3) is 4.73. The molecule has 0 spiro atoms. The van der Waals surface area contributed by atoms with E-state index in [1.54, 1.807) is 0 Å². The molecule has 0 atom stereocenters. The molecule has 4 nitrogen and oxygen atoms in total. The second-order valence-electron chi connectivity index (χ2n) is 7.48. The van der Waals surface area contributed by atoms with E-state index >= 15 is 0 Å². The summed E-state index contributed by atoms with van der Waals surface area (Å²) < 4.78 is 5.36. The van der Waals surface area contributed by atoms with Crippen molar-refractivity contribution in [2.24, 2.45) is 0 Å². The number of nitrogens with one attached hydrogen (secondary N) is 1. The molecular formula is C23H23NO3. The molecule has 0 saturated heterocycles. The van der Waals surface area contributed by atoms with E-state index in [2.05, 4.69) is 11.4 Å². The summed E-state index contributed by atoms with van der Waals surface area (Å²) in [5, 5.41) is 4.89. The zero-order valence-corrected chi connectivity index (χ0v) is 15.8. The van der Waals surface area contributed by atoms with E-state index < -0.39 is 11.7 Å². The smallest absolute Gasteiger partial charge is 0.412 e. The van der Waals surface area contributed by atoms with E-state index in [-0.39, 0.29) is 0 Å². The number of hydrogen-bond donors (Lipinski definition) is 1. The van der Waals surface area contributed by atoms with Crippen LogP contribution in [0.3, 0.4) is 0 Å². The van der Waals surface area contributed by atoms with Crippen molar-refractivity contribution in [2.75, 3.05) is 5.32 Å². The van der Waals surface area contributed by atoms with Gasteiger partial charge in [-0.15, -0.1) is 0 Å². The highest BCUT2D eigenvalue weighted by molar-refractivity contribution is 6.01. The largest absolute Gasteiger partial charge is 0.444 e. The monoisotopic (exact) mass is 361 g/mol. The van der Waals surface area contributed by atoms with Gasteiger partial charge in [0.25, 0.3) is 0 Å². The van der Waals surface area contributed by atoms with Crippen LogP contribution in [0.2, 0.25) is 0 Å². The van der Waals surface area contributed by atoms with Crippen LogP contribution in [-0.4, -0.2) is 18.0 Å². The molecule has 0 heterocycles. The molecule has 0 fully saturated rings. The van der Waals surface area contributed by atoms with Crippen LogP contribution in [-0.2, 0) is 11.2 Å². The molecule has 0 radical (unpaired) electrons. The molecule has 3 aromatic carbocycles. The topological polar surface area (TPSA) is 55.4 Å². The SMILES string of the molecule is CC(C)(C)OC(=O)Nc1cccc2c(Cc3ccc(C=O)cc3)cccc12. The van der Waals surface area contributed by atoms with Gasteiger partial charge in [0.15, 0.2) is 0 Å². The lowest BCUT2D eigenvalue weighted by Gasteiger charge is -2.20. The number of ether oxygens (including phenoxy) is 1. The number of aldehydes is 1. The molecule has 0 aliphatic heterocycles. The molecule has 4 heteroatoms. The number of carbonyl (C=O) groups is 2. The van der Waals surface area contributed by atoms with Gasteiger partial charge in [-0.05, 0) is 49.8 Å². The fourth-order valence-corrected chi connectivity index (χ4v) is 2.99. The van der Waals surface area contributed by atoms with Crippen molar-refractivity contribution in [3.63, 3.8) is 0 Å². The van der Waals surface area contributed by atoms with Gasteiger partial charge >= 0.3 is 6.09 Å². The van der Waals surface area contributed by atoms with Crippen LogP contribution in [0, 0.1) is 0 Å². The lowest BCUT2D eigenvalue weighted by atomic mass is 9.97. The summed E-state index contributed by atoms with van der Waals surface area (Å²) in [6.07, 6.45) is 1.12. The van der Waals surface area contributed by atoms with E-state index in [1.165, 1.54) is 0 Å². The quantitative estimate of drug-likeness (QED) is 0.616. The number of fused-ring (bicyclic) bond motifs is 1. The van der Waals surface area contributed by atoms with E-state index in [1.807, 2.05) is 75.4 Å². The predicted molar refractivity (Wildman–Crippen MR) is 108 cm³/mol. The Kier molecular flexibility index (Phi) is 5.26. The van der Waals surface area contributed by atoms with Crippen molar-refractivity contribution < 1.29 is 14.3 Å². The lowest BCUT2D eigenvalue weighted by molar-refractivity contribution is 0.0636. The van der Waals surface area contributed by atoms with Gasteiger partial charge < -0.3 is 4.74 Å². The lowest BCUT2D eigenvalue weighted by Crippen LogP contribution is -2.27. The highest BCUT2D eigenvalue weighted by Crippen LogP contribution is 2.28. The molecule has 138 valence electrons. The Morgan fingerprint density at radius 2 is 1.63 bits per heavy atom. The summed E-state index contributed by atoms with van der Waals surface area (Å²) in [6.45, 7) is 5.51. The normalized spacial score (nSPS) is 11.2. The van der Waals surface area contributed by atoms with Gasteiger partial charge in [-0.2, -0.15) is 0 Å². The molecule has 0 saturated carbocycles. The van der Waals surface area contributed by atoms with Gasteiger partial charge in [0.05, 0.1) is 5.69 Å². The predicted octanol–water partition coefficient (Wildman–Crippen LogP) is 5.59. The van der Waals surface area contributed by atoms with Gasteiger partial charge in [0.2, 0.25) is 0 Å². The van der Waals surface area contributed by atoms with Crippen LogP contribution in [0.25, 0.3) is 10.8 Å².